The second-order valence-corrected chi connectivity index (χ2v) is 6.84. The maximum absolute atomic E-state index is 12.0. The first-order valence-electron chi connectivity index (χ1n) is 7.70. The minimum absolute atomic E-state index is 0.171. The van der Waals surface area contributed by atoms with Crippen LogP contribution in [0.5, 0.6) is 5.75 Å². The number of alkyl carbamates (subject to hydrolysis) is 1. The van der Waals surface area contributed by atoms with E-state index in [2.05, 4.69) is 5.32 Å². The maximum atomic E-state index is 12.0. The van der Waals surface area contributed by atoms with Gasteiger partial charge in [0.05, 0.1) is 0 Å². The Morgan fingerprint density at radius 1 is 1.22 bits per heavy atom. The third-order valence-corrected chi connectivity index (χ3v) is 3.30. The SMILES string of the molecule is C[C@@H](C[C@H](Cc1ccc(O)cc1)NC(=O)OC(C)(C)C)C(O)O. The second-order valence-electron chi connectivity index (χ2n) is 6.84. The molecule has 1 rings (SSSR count). The lowest BCUT2D eigenvalue weighted by Gasteiger charge is -2.26. The molecule has 0 heterocycles. The predicted molar refractivity (Wildman–Crippen MR) is 87.0 cm³/mol. The number of hydrogen-bond donors (Lipinski definition) is 4. The van der Waals surface area contributed by atoms with Crippen molar-refractivity contribution < 1.29 is 24.9 Å². The van der Waals surface area contributed by atoms with Gasteiger partial charge in [0.25, 0.3) is 0 Å². The van der Waals surface area contributed by atoms with Crippen molar-refractivity contribution in [2.24, 2.45) is 5.92 Å². The van der Waals surface area contributed by atoms with E-state index in [-0.39, 0.29) is 11.8 Å². The lowest BCUT2D eigenvalue weighted by molar-refractivity contribution is -0.0825. The highest BCUT2D eigenvalue weighted by molar-refractivity contribution is 5.68. The molecule has 0 aliphatic heterocycles. The number of aliphatic hydroxyl groups is 2. The number of nitrogens with one attached hydrogen (secondary N) is 1. The van der Waals surface area contributed by atoms with Gasteiger partial charge in [0.2, 0.25) is 0 Å². The molecule has 0 aromatic heterocycles. The summed E-state index contributed by atoms with van der Waals surface area (Å²) < 4.78 is 5.25. The van der Waals surface area contributed by atoms with E-state index in [1.807, 2.05) is 0 Å². The van der Waals surface area contributed by atoms with E-state index < -0.39 is 23.9 Å². The molecule has 23 heavy (non-hydrogen) atoms. The van der Waals surface area contributed by atoms with Gasteiger partial charge in [-0.15, -0.1) is 0 Å². The van der Waals surface area contributed by atoms with Gasteiger partial charge in [0.1, 0.15) is 11.4 Å². The Labute approximate surface area is 137 Å². The van der Waals surface area contributed by atoms with Gasteiger partial charge in [-0.25, -0.2) is 4.79 Å². The average molecular weight is 325 g/mol. The Hall–Kier alpha value is -1.79. The van der Waals surface area contributed by atoms with E-state index in [9.17, 15) is 20.1 Å². The summed E-state index contributed by atoms with van der Waals surface area (Å²) in [5.41, 5.74) is 0.318. The minimum Gasteiger partial charge on any atom is -0.508 e. The second kappa shape index (κ2) is 8.17. The van der Waals surface area contributed by atoms with Crippen molar-refractivity contribution in [3.8, 4) is 5.75 Å². The quantitative estimate of drug-likeness (QED) is 0.601. The highest BCUT2D eigenvalue weighted by Crippen LogP contribution is 2.17. The third kappa shape index (κ3) is 7.85. The van der Waals surface area contributed by atoms with Gasteiger partial charge in [0.15, 0.2) is 6.29 Å². The Kier molecular flexibility index (Phi) is 6.84. The molecule has 1 amide bonds. The van der Waals surface area contributed by atoms with E-state index in [4.69, 9.17) is 4.74 Å². The molecule has 0 aliphatic carbocycles. The topological polar surface area (TPSA) is 99.0 Å². The van der Waals surface area contributed by atoms with Gasteiger partial charge >= 0.3 is 6.09 Å². The molecule has 0 aliphatic rings. The molecule has 2 atom stereocenters. The molecule has 6 heteroatoms. The minimum atomic E-state index is -1.45. The number of hydrogen-bond acceptors (Lipinski definition) is 5. The summed E-state index contributed by atoms with van der Waals surface area (Å²) in [6.45, 7) is 7.04. The Balaban J connectivity index is 2.75. The van der Waals surface area contributed by atoms with Crippen LogP contribution in [0.3, 0.4) is 0 Å². The van der Waals surface area contributed by atoms with E-state index >= 15 is 0 Å². The normalized spacial score (nSPS) is 14.4. The molecule has 0 saturated carbocycles. The molecule has 130 valence electrons. The lowest BCUT2D eigenvalue weighted by atomic mass is 9.96. The Morgan fingerprint density at radius 3 is 2.26 bits per heavy atom. The molecule has 0 saturated heterocycles. The van der Waals surface area contributed by atoms with Crippen LogP contribution >= 0.6 is 0 Å². The molecule has 4 N–H and O–H groups in total. The Bertz CT molecular complexity index is 493. The number of rotatable bonds is 6. The summed E-state index contributed by atoms with van der Waals surface area (Å²) in [5.74, 6) is -0.225. The molecule has 0 bridgehead atoms. The smallest absolute Gasteiger partial charge is 0.407 e. The largest absolute Gasteiger partial charge is 0.508 e. The first-order chi connectivity index (χ1) is 10.6. The number of carbonyl (C=O) groups excluding carboxylic acids is 1. The number of phenolic OH excluding ortho intramolecular Hbond substituents is 1. The standard InChI is InChI=1S/C17H27NO5/c1-11(15(20)21)9-13(18-16(22)23-17(2,3)4)10-12-5-7-14(19)8-6-12/h5-8,11,13,15,19-21H,9-10H2,1-4H3,(H,18,22)/t11-,13+/m0/s1. The first kappa shape index (κ1) is 19.3. The molecule has 6 nitrogen and oxygen atoms in total. The summed E-state index contributed by atoms with van der Waals surface area (Å²) in [5, 5.41) is 30.6. The van der Waals surface area contributed by atoms with Crippen LogP contribution in [-0.4, -0.2) is 39.3 Å². The fourth-order valence-corrected chi connectivity index (χ4v) is 2.15. The zero-order chi connectivity index (χ0) is 17.6. The van der Waals surface area contributed by atoms with Gasteiger partial charge in [-0.3, -0.25) is 0 Å². The number of carbonyl (C=O) groups is 1. The van der Waals surface area contributed by atoms with E-state index in [1.54, 1.807) is 52.0 Å². The van der Waals surface area contributed by atoms with Gasteiger partial charge in [-0.1, -0.05) is 19.1 Å². The van der Waals surface area contributed by atoms with Crippen LogP contribution in [0, 0.1) is 5.92 Å². The highest BCUT2D eigenvalue weighted by atomic mass is 16.6. The molecular weight excluding hydrogens is 298 g/mol. The molecule has 1 aromatic rings. The maximum Gasteiger partial charge on any atom is 0.407 e. The van der Waals surface area contributed by atoms with Crippen LogP contribution in [0.4, 0.5) is 4.79 Å². The number of aliphatic hydroxyl groups excluding tert-OH is 1. The predicted octanol–water partition coefficient (Wildman–Crippen LogP) is 2.16. The van der Waals surface area contributed by atoms with Gasteiger partial charge < -0.3 is 25.4 Å². The third-order valence-electron chi connectivity index (χ3n) is 3.30. The molecule has 0 radical (unpaired) electrons. The van der Waals surface area contributed by atoms with Crippen LogP contribution in [0.25, 0.3) is 0 Å². The van der Waals surface area contributed by atoms with E-state index in [0.29, 0.717) is 12.8 Å². The van der Waals surface area contributed by atoms with Crippen LogP contribution in [0.15, 0.2) is 24.3 Å². The summed E-state index contributed by atoms with van der Waals surface area (Å²) in [6.07, 6.45) is -1.10. The zero-order valence-electron chi connectivity index (χ0n) is 14.1. The molecular formula is C17H27NO5. The summed E-state index contributed by atoms with van der Waals surface area (Å²) in [7, 11) is 0. The number of ether oxygens (including phenoxy) is 1. The molecule has 0 fully saturated rings. The average Bonchev–Trinajstić information content (AvgIpc) is 2.38. The van der Waals surface area contributed by atoms with Crippen LogP contribution in [-0.2, 0) is 11.2 Å². The van der Waals surface area contributed by atoms with Gasteiger partial charge in [0, 0.05) is 12.0 Å². The summed E-state index contributed by atoms with van der Waals surface area (Å²) >= 11 is 0. The fraction of sp³-hybridized carbons (Fsp3) is 0.588. The lowest BCUT2D eigenvalue weighted by Crippen LogP contribution is -2.42. The van der Waals surface area contributed by atoms with Crippen LogP contribution < -0.4 is 5.32 Å². The number of amides is 1. The van der Waals surface area contributed by atoms with Gasteiger partial charge in [-0.05, 0) is 51.3 Å². The van der Waals surface area contributed by atoms with Crippen molar-refractivity contribution in [2.45, 2.75) is 58.5 Å². The van der Waals surface area contributed by atoms with Crippen molar-refractivity contribution in [2.75, 3.05) is 0 Å². The number of benzene rings is 1. The summed E-state index contributed by atoms with van der Waals surface area (Å²) in [4.78, 5) is 12.0. The van der Waals surface area contributed by atoms with Gasteiger partial charge in [-0.2, -0.15) is 0 Å². The van der Waals surface area contributed by atoms with Crippen molar-refractivity contribution in [3.63, 3.8) is 0 Å². The Morgan fingerprint density at radius 2 is 1.78 bits per heavy atom. The zero-order valence-corrected chi connectivity index (χ0v) is 14.1. The van der Waals surface area contributed by atoms with Crippen molar-refractivity contribution in [1.82, 2.24) is 5.32 Å². The van der Waals surface area contributed by atoms with E-state index in [1.165, 1.54) is 0 Å². The summed E-state index contributed by atoms with van der Waals surface area (Å²) in [6, 6.07) is 6.36. The van der Waals surface area contributed by atoms with Crippen molar-refractivity contribution >= 4 is 6.09 Å². The van der Waals surface area contributed by atoms with Crippen molar-refractivity contribution in [1.29, 1.82) is 0 Å². The highest BCUT2D eigenvalue weighted by Gasteiger charge is 2.23. The number of aromatic hydroxyl groups is 1. The van der Waals surface area contributed by atoms with E-state index in [0.717, 1.165) is 5.56 Å². The monoisotopic (exact) mass is 325 g/mol. The fourth-order valence-electron chi connectivity index (χ4n) is 2.15. The van der Waals surface area contributed by atoms with Crippen LogP contribution in [0.2, 0.25) is 0 Å². The molecule has 0 spiro atoms. The number of phenols is 1. The van der Waals surface area contributed by atoms with Crippen LogP contribution in [0.1, 0.15) is 39.7 Å². The first-order valence-corrected chi connectivity index (χ1v) is 7.70. The molecule has 0 unspecified atom stereocenters. The molecule has 1 aromatic carbocycles. The van der Waals surface area contributed by atoms with Crippen molar-refractivity contribution in [3.05, 3.63) is 29.8 Å².